The fourth-order valence-electron chi connectivity index (χ4n) is 6.74. The first-order chi connectivity index (χ1) is 29.8. The third kappa shape index (κ3) is 47.0. The fraction of sp³-hybridized carbons (Fsp3) is 0.765. The average molecular weight is 878 g/mol. The van der Waals surface area contributed by atoms with Gasteiger partial charge in [0.05, 0.1) is 13.2 Å². The average Bonchev–Trinajstić information content (AvgIpc) is 3.25. The number of carbonyl (C=O) groups is 2. The highest BCUT2D eigenvalue weighted by molar-refractivity contribution is 7.47. The van der Waals surface area contributed by atoms with Gasteiger partial charge in [-0.15, -0.1) is 0 Å². The summed E-state index contributed by atoms with van der Waals surface area (Å²) in [5.74, 6) is -0.919. The van der Waals surface area contributed by atoms with Crippen LogP contribution in [0, 0.1) is 0 Å². The van der Waals surface area contributed by atoms with Crippen molar-refractivity contribution >= 4 is 19.8 Å². The van der Waals surface area contributed by atoms with Crippen LogP contribution < -0.4 is 5.73 Å². The Morgan fingerprint density at radius 3 is 1.33 bits per heavy atom. The maximum Gasteiger partial charge on any atom is 0.472 e. The SMILES string of the molecule is CCCCCC=CCC=CCC=CCC=CCC=CCCC(=O)OC(COC(=O)CCCCCCCCCCCCCCCCCCCCCCC)COP(=O)(O)OCCN. The molecule has 354 valence electrons. The van der Waals surface area contributed by atoms with Crippen LogP contribution >= 0.6 is 7.82 Å². The monoisotopic (exact) mass is 878 g/mol. The van der Waals surface area contributed by atoms with Gasteiger partial charge in [0, 0.05) is 19.4 Å². The molecule has 3 N–H and O–H groups in total. The van der Waals surface area contributed by atoms with Crippen LogP contribution in [-0.2, 0) is 32.7 Å². The molecule has 61 heavy (non-hydrogen) atoms. The Hall–Kier alpha value is -2.29. The molecular formula is C51H92NO8P. The summed E-state index contributed by atoms with van der Waals surface area (Å²) in [6.45, 7) is 3.64. The van der Waals surface area contributed by atoms with Crippen molar-refractivity contribution in [3.05, 3.63) is 60.8 Å². The number of esters is 2. The molecule has 0 radical (unpaired) electrons. The zero-order valence-electron chi connectivity index (χ0n) is 39.1. The quantitative estimate of drug-likeness (QED) is 0.0265. The fourth-order valence-corrected chi connectivity index (χ4v) is 7.50. The van der Waals surface area contributed by atoms with E-state index in [9.17, 15) is 19.0 Å². The van der Waals surface area contributed by atoms with E-state index >= 15 is 0 Å². The van der Waals surface area contributed by atoms with Gasteiger partial charge < -0.3 is 20.1 Å². The van der Waals surface area contributed by atoms with Gasteiger partial charge in [-0.2, -0.15) is 0 Å². The number of hydrogen-bond donors (Lipinski definition) is 2. The maximum absolute atomic E-state index is 12.6. The summed E-state index contributed by atoms with van der Waals surface area (Å²) >= 11 is 0. The number of allylic oxidation sites excluding steroid dienone is 10. The van der Waals surface area contributed by atoms with Gasteiger partial charge in [-0.05, 0) is 51.4 Å². The van der Waals surface area contributed by atoms with Crippen molar-refractivity contribution < 1.29 is 37.6 Å². The van der Waals surface area contributed by atoms with Crippen LogP contribution in [0.5, 0.6) is 0 Å². The highest BCUT2D eigenvalue weighted by atomic mass is 31.2. The number of nitrogens with two attached hydrogens (primary N) is 1. The van der Waals surface area contributed by atoms with Gasteiger partial charge in [0.25, 0.3) is 0 Å². The van der Waals surface area contributed by atoms with Crippen molar-refractivity contribution in [2.75, 3.05) is 26.4 Å². The first-order valence-electron chi connectivity index (χ1n) is 24.8. The van der Waals surface area contributed by atoms with Crippen LogP contribution in [0.2, 0.25) is 0 Å². The van der Waals surface area contributed by atoms with E-state index in [0.717, 1.165) is 44.9 Å². The topological polar surface area (TPSA) is 134 Å². The number of phosphoric acid groups is 1. The molecule has 0 bridgehead atoms. The summed E-state index contributed by atoms with van der Waals surface area (Å²) in [5, 5.41) is 0. The summed E-state index contributed by atoms with van der Waals surface area (Å²) in [6.07, 6.45) is 57.0. The molecule has 0 fully saturated rings. The van der Waals surface area contributed by atoms with Crippen molar-refractivity contribution in [1.29, 1.82) is 0 Å². The second-order valence-corrected chi connectivity index (χ2v) is 17.8. The number of hydrogen-bond acceptors (Lipinski definition) is 8. The third-order valence-corrected chi connectivity index (χ3v) is 11.4. The predicted octanol–water partition coefficient (Wildman–Crippen LogP) is 14.8. The Morgan fingerprint density at radius 2 is 0.885 bits per heavy atom. The second kappa shape index (κ2) is 47.2. The third-order valence-electron chi connectivity index (χ3n) is 10.4. The summed E-state index contributed by atoms with van der Waals surface area (Å²) in [4.78, 5) is 35.0. The lowest BCUT2D eigenvalue weighted by Crippen LogP contribution is -2.29. The van der Waals surface area contributed by atoms with Crippen LogP contribution in [0.1, 0.15) is 219 Å². The number of phosphoric ester groups is 1. The van der Waals surface area contributed by atoms with Crippen molar-refractivity contribution in [1.82, 2.24) is 0 Å². The van der Waals surface area contributed by atoms with Gasteiger partial charge in [-0.1, -0.05) is 216 Å². The van der Waals surface area contributed by atoms with Gasteiger partial charge in [0.15, 0.2) is 6.10 Å². The number of unbranched alkanes of at least 4 members (excludes halogenated alkanes) is 23. The van der Waals surface area contributed by atoms with E-state index in [0.29, 0.717) is 6.42 Å². The van der Waals surface area contributed by atoms with Crippen LogP contribution in [-0.4, -0.2) is 49.3 Å². The Morgan fingerprint density at radius 1 is 0.492 bits per heavy atom. The number of ether oxygens (including phenoxy) is 2. The Kier molecular flexibility index (Phi) is 45.4. The van der Waals surface area contributed by atoms with E-state index in [-0.39, 0.29) is 32.6 Å². The smallest absolute Gasteiger partial charge is 0.462 e. The van der Waals surface area contributed by atoms with Gasteiger partial charge in [0.1, 0.15) is 6.61 Å². The molecule has 0 aromatic rings. The molecule has 2 unspecified atom stereocenters. The normalized spacial score (nSPS) is 13.7. The molecule has 2 atom stereocenters. The lowest BCUT2D eigenvalue weighted by Gasteiger charge is -2.19. The van der Waals surface area contributed by atoms with Crippen LogP contribution in [0.15, 0.2) is 60.8 Å². The highest BCUT2D eigenvalue weighted by Gasteiger charge is 2.25. The van der Waals surface area contributed by atoms with Gasteiger partial charge in [-0.25, -0.2) is 4.57 Å². The molecule has 0 aliphatic carbocycles. The van der Waals surface area contributed by atoms with Crippen LogP contribution in [0.3, 0.4) is 0 Å². The molecule has 0 aromatic carbocycles. The van der Waals surface area contributed by atoms with E-state index in [1.807, 2.05) is 12.2 Å². The first-order valence-corrected chi connectivity index (χ1v) is 26.3. The van der Waals surface area contributed by atoms with Crippen LogP contribution in [0.4, 0.5) is 0 Å². The zero-order chi connectivity index (χ0) is 44.6. The maximum atomic E-state index is 12.6. The van der Waals surface area contributed by atoms with Crippen molar-refractivity contribution in [2.24, 2.45) is 5.73 Å². The Labute approximate surface area is 374 Å². The van der Waals surface area contributed by atoms with Crippen molar-refractivity contribution in [2.45, 2.75) is 225 Å². The number of rotatable bonds is 46. The molecule has 0 aliphatic rings. The Balaban J connectivity index is 4.16. The summed E-state index contributed by atoms with van der Waals surface area (Å²) < 4.78 is 32.8. The standard InChI is InChI=1S/C51H92NO8P/c1-3-5-7-9-11-13-15-17-19-21-23-24-26-27-29-31-33-35-37-39-41-43-50(53)57-47-49(48-59-61(55,56)58-46-45-52)60-51(54)44-42-40-38-36-34-32-30-28-25-22-20-18-16-14-12-10-8-6-4-2/h12,14,18,20,25,28,32,34,38,40,49H,3-11,13,15-17,19,21-24,26-27,29-31,33,35-37,39,41-48,52H2,1-2H3,(H,55,56). The van der Waals surface area contributed by atoms with Gasteiger partial charge in [0.2, 0.25) is 0 Å². The molecule has 0 amide bonds. The van der Waals surface area contributed by atoms with Crippen molar-refractivity contribution in [3.63, 3.8) is 0 Å². The largest absolute Gasteiger partial charge is 0.472 e. The van der Waals surface area contributed by atoms with Gasteiger partial charge in [-0.3, -0.25) is 18.6 Å². The summed E-state index contributed by atoms with van der Waals surface area (Å²) in [6, 6.07) is 0. The van der Waals surface area contributed by atoms with Gasteiger partial charge >= 0.3 is 19.8 Å². The van der Waals surface area contributed by atoms with E-state index in [1.54, 1.807) is 0 Å². The second-order valence-electron chi connectivity index (χ2n) is 16.3. The predicted molar refractivity (Wildman–Crippen MR) is 256 cm³/mol. The van der Waals surface area contributed by atoms with E-state index in [1.165, 1.54) is 141 Å². The Bertz CT molecular complexity index is 1180. The minimum Gasteiger partial charge on any atom is -0.462 e. The van der Waals surface area contributed by atoms with E-state index in [4.69, 9.17) is 24.3 Å². The lowest BCUT2D eigenvalue weighted by atomic mass is 10.0. The van der Waals surface area contributed by atoms with Crippen LogP contribution in [0.25, 0.3) is 0 Å². The minimum absolute atomic E-state index is 0.0411. The molecule has 0 aromatic heterocycles. The highest BCUT2D eigenvalue weighted by Crippen LogP contribution is 2.43. The minimum atomic E-state index is -4.40. The summed E-state index contributed by atoms with van der Waals surface area (Å²) in [5.41, 5.74) is 5.36. The van der Waals surface area contributed by atoms with E-state index < -0.39 is 32.5 Å². The van der Waals surface area contributed by atoms with E-state index in [2.05, 4.69) is 62.5 Å². The zero-order valence-corrected chi connectivity index (χ0v) is 40.0. The molecule has 0 heterocycles. The molecule has 0 spiro atoms. The molecule has 0 saturated carbocycles. The molecule has 0 rings (SSSR count). The molecule has 0 aliphatic heterocycles. The lowest BCUT2D eigenvalue weighted by molar-refractivity contribution is -0.161. The number of carbonyl (C=O) groups excluding carboxylic acids is 2. The summed E-state index contributed by atoms with van der Waals surface area (Å²) in [7, 11) is -4.40. The molecule has 9 nitrogen and oxygen atoms in total. The molecule has 10 heteroatoms. The molecule has 0 saturated heterocycles. The first kappa shape index (κ1) is 58.7. The van der Waals surface area contributed by atoms with Crippen molar-refractivity contribution in [3.8, 4) is 0 Å². The molecular weight excluding hydrogens is 786 g/mol.